The molecule has 1 fully saturated rings. The molecule has 2 rings (SSSR count). The minimum Gasteiger partial charge on any atom is -0.461 e. The number of hydroxylamine groups is 2. The van der Waals surface area contributed by atoms with Gasteiger partial charge in [0.2, 0.25) is 0 Å². The number of halogens is 1. The van der Waals surface area contributed by atoms with Crippen molar-refractivity contribution in [1.29, 1.82) is 0 Å². The van der Waals surface area contributed by atoms with E-state index in [1.54, 1.807) is 26.8 Å². The van der Waals surface area contributed by atoms with Crippen LogP contribution in [0, 0.1) is 11.2 Å². The summed E-state index contributed by atoms with van der Waals surface area (Å²) in [4.78, 5) is 28.9. The zero-order valence-electron chi connectivity index (χ0n) is 14.8. The molecule has 0 radical (unpaired) electrons. The van der Waals surface area contributed by atoms with Gasteiger partial charge in [-0.15, -0.1) is 0 Å². The van der Waals surface area contributed by atoms with Gasteiger partial charge in [0.05, 0.1) is 30.9 Å². The van der Waals surface area contributed by atoms with Crippen LogP contribution in [0.5, 0.6) is 0 Å². The lowest BCUT2D eigenvalue weighted by atomic mass is 9.95. The minimum absolute atomic E-state index is 0.0273. The Kier molecular flexibility index (Phi) is 5.73. The molecule has 1 aliphatic heterocycles. The summed E-state index contributed by atoms with van der Waals surface area (Å²) in [6.45, 7) is 7.30. The third kappa shape index (κ3) is 4.54. The molecule has 7 nitrogen and oxygen atoms in total. The molecule has 1 aliphatic rings. The number of hydrogen-bond acceptors (Lipinski definition) is 6. The van der Waals surface area contributed by atoms with Gasteiger partial charge in [0.1, 0.15) is 11.5 Å². The number of amides is 1. The van der Waals surface area contributed by atoms with Gasteiger partial charge < -0.3 is 4.74 Å². The zero-order valence-corrected chi connectivity index (χ0v) is 14.8. The van der Waals surface area contributed by atoms with Gasteiger partial charge in [0.15, 0.2) is 0 Å². The van der Waals surface area contributed by atoms with Crippen LogP contribution in [0.15, 0.2) is 23.3 Å². The number of nitrogens with zero attached hydrogens (tertiary/aromatic N) is 2. The van der Waals surface area contributed by atoms with Gasteiger partial charge >= 0.3 is 5.97 Å². The first-order chi connectivity index (χ1) is 11.7. The molecule has 0 atom stereocenters. The fraction of sp³-hybridized carbons (Fsp3) is 0.471. The van der Waals surface area contributed by atoms with Crippen molar-refractivity contribution in [1.82, 2.24) is 5.06 Å². The molecule has 0 saturated carbocycles. The van der Waals surface area contributed by atoms with Gasteiger partial charge in [-0.2, -0.15) is 5.10 Å². The van der Waals surface area contributed by atoms with Gasteiger partial charge in [-0.05, 0) is 39.8 Å². The number of anilines is 1. The highest BCUT2D eigenvalue weighted by molar-refractivity contribution is 6.35. The minimum atomic E-state index is -0.600. The van der Waals surface area contributed by atoms with Crippen molar-refractivity contribution in [3.8, 4) is 0 Å². The van der Waals surface area contributed by atoms with E-state index >= 15 is 0 Å². The number of ether oxygens (including phenoxy) is 1. The summed E-state index contributed by atoms with van der Waals surface area (Å²) in [6, 6.07) is 4.38. The van der Waals surface area contributed by atoms with Crippen LogP contribution in [-0.2, 0) is 25.7 Å². The van der Waals surface area contributed by atoms with Crippen LogP contribution in [0.2, 0.25) is 0 Å². The Labute approximate surface area is 145 Å². The molecule has 0 spiro atoms. The van der Waals surface area contributed by atoms with Gasteiger partial charge in [0, 0.05) is 5.56 Å². The first-order valence-corrected chi connectivity index (χ1v) is 7.95. The van der Waals surface area contributed by atoms with Crippen molar-refractivity contribution in [2.24, 2.45) is 10.5 Å². The lowest BCUT2D eigenvalue weighted by molar-refractivity contribution is -0.165. The Bertz CT molecular complexity index is 703. The average Bonchev–Trinajstić information content (AvgIpc) is 2.82. The van der Waals surface area contributed by atoms with Crippen LogP contribution in [0.1, 0.15) is 33.3 Å². The molecular weight excluding hydrogens is 329 g/mol. The van der Waals surface area contributed by atoms with Crippen molar-refractivity contribution in [3.63, 3.8) is 0 Å². The molecular formula is C17H22FN3O4. The molecule has 0 aliphatic carbocycles. The fourth-order valence-corrected chi connectivity index (χ4v) is 2.14. The molecule has 136 valence electrons. The van der Waals surface area contributed by atoms with Crippen molar-refractivity contribution in [2.75, 3.05) is 18.6 Å². The Morgan fingerprint density at radius 2 is 2.20 bits per heavy atom. The van der Waals surface area contributed by atoms with E-state index in [1.807, 2.05) is 0 Å². The number of carbonyl (C=O) groups is 2. The Morgan fingerprint density at radius 1 is 1.48 bits per heavy atom. The highest BCUT2D eigenvalue weighted by atomic mass is 19.1. The third-order valence-electron chi connectivity index (χ3n) is 3.68. The predicted molar refractivity (Wildman–Crippen MR) is 90.0 cm³/mol. The van der Waals surface area contributed by atoms with Crippen LogP contribution in [-0.4, -0.2) is 35.9 Å². The molecule has 1 N–H and O–H groups in total. The number of hydrogen-bond donors (Lipinski definition) is 1. The molecule has 1 heterocycles. The number of benzene rings is 1. The van der Waals surface area contributed by atoms with Gasteiger partial charge in [-0.1, -0.05) is 6.07 Å². The van der Waals surface area contributed by atoms with E-state index in [9.17, 15) is 14.0 Å². The van der Waals surface area contributed by atoms with E-state index in [0.717, 1.165) is 0 Å². The normalized spacial score (nSPS) is 16.9. The molecule has 1 amide bonds. The standard InChI is InChI=1S/C17H22FN3O4/c1-5-24-15(22)11(2)19-20-13-7-6-12(14(18)8-13)9-21-16(23)17(3,4)10-25-21/h6-8,20H,5,9-10H2,1-4H3. The number of hydrazone groups is 1. The Hall–Kier alpha value is -2.48. The maximum atomic E-state index is 14.3. The highest BCUT2D eigenvalue weighted by Crippen LogP contribution is 2.28. The quantitative estimate of drug-likeness (QED) is 0.484. The molecule has 25 heavy (non-hydrogen) atoms. The molecule has 1 aromatic carbocycles. The molecule has 1 aromatic rings. The van der Waals surface area contributed by atoms with Crippen molar-refractivity contribution < 1.29 is 23.6 Å². The summed E-state index contributed by atoms with van der Waals surface area (Å²) < 4.78 is 19.1. The number of esters is 1. The number of carbonyl (C=O) groups excluding carboxylic acids is 2. The van der Waals surface area contributed by atoms with Crippen LogP contribution in [0.3, 0.4) is 0 Å². The van der Waals surface area contributed by atoms with Crippen LogP contribution < -0.4 is 5.43 Å². The lowest BCUT2D eigenvalue weighted by Crippen LogP contribution is -2.30. The molecule has 0 unspecified atom stereocenters. The molecule has 0 aromatic heterocycles. The molecule has 1 saturated heterocycles. The maximum Gasteiger partial charge on any atom is 0.354 e. The summed E-state index contributed by atoms with van der Waals surface area (Å²) in [7, 11) is 0. The van der Waals surface area contributed by atoms with E-state index in [2.05, 4.69) is 10.5 Å². The third-order valence-corrected chi connectivity index (χ3v) is 3.68. The van der Waals surface area contributed by atoms with E-state index in [1.165, 1.54) is 24.1 Å². The fourth-order valence-electron chi connectivity index (χ4n) is 2.14. The summed E-state index contributed by atoms with van der Waals surface area (Å²) >= 11 is 0. The van der Waals surface area contributed by atoms with Crippen molar-refractivity contribution in [3.05, 3.63) is 29.6 Å². The van der Waals surface area contributed by atoms with Crippen LogP contribution in [0.4, 0.5) is 10.1 Å². The number of nitrogens with one attached hydrogen (secondary N) is 1. The van der Waals surface area contributed by atoms with Gasteiger partial charge in [0.25, 0.3) is 5.91 Å². The first-order valence-electron chi connectivity index (χ1n) is 7.95. The Morgan fingerprint density at radius 3 is 2.76 bits per heavy atom. The second kappa shape index (κ2) is 7.60. The predicted octanol–water partition coefficient (Wildman–Crippen LogP) is 2.48. The van der Waals surface area contributed by atoms with E-state index < -0.39 is 17.2 Å². The zero-order chi connectivity index (χ0) is 18.6. The number of rotatable bonds is 6. The second-order valence-electron chi connectivity index (χ2n) is 6.33. The smallest absolute Gasteiger partial charge is 0.354 e. The maximum absolute atomic E-state index is 14.3. The van der Waals surface area contributed by atoms with E-state index in [-0.39, 0.29) is 31.4 Å². The summed E-state index contributed by atoms with van der Waals surface area (Å²) in [5.41, 5.74) is 2.83. The molecule has 0 bridgehead atoms. The van der Waals surface area contributed by atoms with Crippen LogP contribution in [0.25, 0.3) is 0 Å². The van der Waals surface area contributed by atoms with E-state index in [4.69, 9.17) is 9.57 Å². The van der Waals surface area contributed by atoms with Crippen molar-refractivity contribution in [2.45, 2.75) is 34.2 Å². The lowest BCUT2D eigenvalue weighted by Gasteiger charge is -2.17. The Balaban J connectivity index is 2.02. The topological polar surface area (TPSA) is 80.2 Å². The van der Waals surface area contributed by atoms with Gasteiger partial charge in [-0.3, -0.25) is 15.1 Å². The largest absolute Gasteiger partial charge is 0.461 e. The van der Waals surface area contributed by atoms with Crippen LogP contribution >= 0.6 is 0 Å². The second-order valence-corrected chi connectivity index (χ2v) is 6.33. The molecule has 8 heteroatoms. The van der Waals surface area contributed by atoms with E-state index in [0.29, 0.717) is 11.3 Å². The summed E-state index contributed by atoms with van der Waals surface area (Å²) in [5, 5.41) is 5.03. The average molecular weight is 351 g/mol. The first kappa shape index (κ1) is 18.9. The summed E-state index contributed by atoms with van der Waals surface area (Å²) in [6.07, 6.45) is 0. The van der Waals surface area contributed by atoms with Gasteiger partial charge in [-0.25, -0.2) is 14.2 Å². The monoisotopic (exact) mass is 351 g/mol. The highest BCUT2D eigenvalue weighted by Gasteiger charge is 2.40. The summed E-state index contributed by atoms with van der Waals surface area (Å²) in [5.74, 6) is -1.22. The SMILES string of the molecule is CCOC(=O)C(C)=NNc1ccc(CN2OCC(C)(C)C2=O)c(F)c1. The van der Waals surface area contributed by atoms with Crippen molar-refractivity contribution >= 4 is 23.3 Å².